The molecule has 0 saturated heterocycles. The van der Waals surface area contributed by atoms with E-state index in [1.54, 1.807) is 6.20 Å². The number of carbonyl (C=O) groups excluding carboxylic acids is 1. The molecule has 0 radical (unpaired) electrons. The molecule has 1 aliphatic rings. The van der Waals surface area contributed by atoms with E-state index in [0.717, 1.165) is 37.0 Å². The zero-order chi connectivity index (χ0) is 15.4. The third-order valence-corrected chi connectivity index (χ3v) is 4.32. The van der Waals surface area contributed by atoms with Crippen LogP contribution in [0.25, 0.3) is 5.65 Å². The maximum atomic E-state index is 11.9. The number of hydrogen-bond acceptors (Lipinski definition) is 3. The van der Waals surface area contributed by atoms with Crippen LogP contribution in [0.4, 0.5) is 10.5 Å². The number of imidazole rings is 1. The van der Waals surface area contributed by atoms with Gasteiger partial charge in [-0.1, -0.05) is 12.8 Å². The topological polar surface area (TPSA) is 78.7 Å². The van der Waals surface area contributed by atoms with E-state index < -0.39 is 0 Å². The van der Waals surface area contributed by atoms with Crippen molar-refractivity contribution in [1.82, 2.24) is 14.7 Å². The molecule has 118 valence electrons. The normalized spacial score (nSPS) is 21.7. The summed E-state index contributed by atoms with van der Waals surface area (Å²) in [5.41, 5.74) is 1.57. The van der Waals surface area contributed by atoms with Crippen LogP contribution in [0.15, 0.2) is 30.7 Å². The molecule has 2 atom stereocenters. The second-order valence-corrected chi connectivity index (χ2v) is 5.89. The van der Waals surface area contributed by atoms with Gasteiger partial charge in [-0.05, 0) is 37.3 Å². The van der Waals surface area contributed by atoms with Gasteiger partial charge in [0.2, 0.25) is 0 Å². The first-order chi connectivity index (χ1) is 10.7. The molecule has 0 spiro atoms. The number of nitrogens with zero attached hydrogens (tertiary/aromatic N) is 2. The Morgan fingerprint density at radius 2 is 2.23 bits per heavy atom. The molecule has 3 N–H and O–H groups in total. The van der Waals surface area contributed by atoms with Crippen molar-refractivity contribution in [2.24, 2.45) is 5.92 Å². The van der Waals surface area contributed by atoms with Crippen molar-refractivity contribution in [3.8, 4) is 0 Å². The molecule has 1 saturated carbocycles. The van der Waals surface area contributed by atoms with Crippen LogP contribution in [0.2, 0.25) is 0 Å². The van der Waals surface area contributed by atoms with Crippen LogP contribution in [0.3, 0.4) is 0 Å². The van der Waals surface area contributed by atoms with Gasteiger partial charge in [-0.15, -0.1) is 0 Å². The van der Waals surface area contributed by atoms with Crippen molar-refractivity contribution >= 4 is 17.4 Å². The quantitative estimate of drug-likeness (QED) is 0.811. The highest BCUT2D eigenvalue weighted by molar-refractivity contribution is 5.89. The lowest BCUT2D eigenvalue weighted by atomic mass is 9.84. The predicted octanol–water partition coefficient (Wildman–Crippen LogP) is 2.40. The van der Waals surface area contributed by atoms with Gasteiger partial charge >= 0.3 is 6.03 Å². The summed E-state index contributed by atoms with van der Waals surface area (Å²) in [5.74, 6) is 0.316. The van der Waals surface area contributed by atoms with Crippen molar-refractivity contribution in [2.45, 2.75) is 38.2 Å². The Balaban J connectivity index is 1.45. The van der Waals surface area contributed by atoms with Crippen LogP contribution in [0.5, 0.6) is 0 Å². The fourth-order valence-electron chi connectivity index (χ4n) is 3.07. The van der Waals surface area contributed by atoms with E-state index in [0.29, 0.717) is 12.5 Å². The van der Waals surface area contributed by atoms with E-state index in [4.69, 9.17) is 0 Å². The van der Waals surface area contributed by atoms with Crippen LogP contribution < -0.4 is 10.6 Å². The summed E-state index contributed by atoms with van der Waals surface area (Å²) in [4.78, 5) is 16.1. The Kier molecular flexibility index (Phi) is 4.58. The van der Waals surface area contributed by atoms with Crippen LogP contribution in [0.1, 0.15) is 32.1 Å². The number of aliphatic hydroxyl groups excluding tert-OH is 1. The van der Waals surface area contributed by atoms with E-state index in [9.17, 15) is 9.90 Å². The van der Waals surface area contributed by atoms with Gasteiger partial charge in [0, 0.05) is 25.1 Å². The number of nitrogens with one attached hydrogen (secondary N) is 2. The average Bonchev–Trinajstić information content (AvgIpc) is 2.97. The smallest absolute Gasteiger partial charge is 0.319 e. The van der Waals surface area contributed by atoms with Crippen molar-refractivity contribution < 1.29 is 9.90 Å². The molecule has 0 aromatic carbocycles. The minimum Gasteiger partial charge on any atom is -0.393 e. The first-order valence-electron chi connectivity index (χ1n) is 7.88. The summed E-state index contributed by atoms with van der Waals surface area (Å²) in [6.07, 6.45) is 10.2. The number of carbonyl (C=O) groups is 1. The molecule has 2 amide bonds. The lowest BCUT2D eigenvalue weighted by Crippen LogP contribution is -2.33. The van der Waals surface area contributed by atoms with Gasteiger partial charge in [0.05, 0.1) is 11.8 Å². The Labute approximate surface area is 129 Å². The molecule has 0 bridgehead atoms. The molecule has 6 heteroatoms. The van der Waals surface area contributed by atoms with Crippen LogP contribution in [-0.2, 0) is 0 Å². The SMILES string of the molecule is O=C(NCC[C@H]1CCCC[C@H]1O)Nc1ccc2nccn2c1. The van der Waals surface area contributed by atoms with Crippen LogP contribution in [0, 0.1) is 5.92 Å². The molecule has 22 heavy (non-hydrogen) atoms. The molecule has 0 unspecified atom stereocenters. The van der Waals surface area contributed by atoms with Crippen molar-refractivity contribution in [3.63, 3.8) is 0 Å². The van der Waals surface area contributed by atoms with Gasteiger partial charge in [-0.25, -0.2) is 9.78 Å². The second kappa shape index (κ2) is 6.79. The zero-order valence-electron chi connectivity index (χ0n) is 12.5. The van der Waals surface area contributed by atoms with Gasteiger partial charge in [-0.3, -0.25) is 0 Å². The maximum Gasteiger partial charge on any atom is 0.319 e. The molecule has 1 aliphatic carbocycles. The van der Waals surface area contributed by atoms with E-state index in [1.807, 2.05) is 28.9 Å². The third-order valence-electron chi connectivity index (χ3n) is 4.32. The van der Waals surface area contributed by atoms with Gasteiger partial charge in [0.15, 0.2) is 0 Å². The maximum absolute atomic E-state index is 11.9. The molecular formula is C16H22N4O2. The molecule has 0 aliphatic heterocycles. The lowest BCUT2D eigenvalue weighted by Gasteiger charge is -2.27. The molecule has 6 nitrogen and oxygen atoms in total. The number of aromatic nitrogens is 2. The number of hydrogen-bond donors (Lipinski definition) is 3. The number of urea groups is 1. The van der Waals surface area contributed by atoms with Gasteiger partial charge < -0.3 is 20.1 Å². The summed E-state index contributed by atoms with van der Waals surface area (Å²) >= 11 is 0. The Bertz CT molecular complexity index is 640. The minimum absolute atomic E-state index is 0.206. The first kappa shape index (κ1) is 14.8. The van der Waals surface area contributed by atoms with E-state index in [2.05, 4.69) is 15.6 Å². The van der Waals surface area contributed by atoms with E-state index >= 15 is 0 Å². The lowest BCUT2D eigenvalue weighted by molar-refractivity contribution is 0.0658. The van der Waals surface area contributed by atoms with Crippen molar-refractivity contribution in [1.29, 1.82) is 0 Å². The van der Waals surface area contributed by atoms with Gasteiger partial charge in [-0.2, -0.15) is 0 Å². The summed E-state index contributed by atoms with van der Waals surface area (Å²) in [6, 6.07) is 3.46. The minimum atomic E-state index is -0.218. The molecule has 2 heterocycles. The molecule has 3 rings (SSSR count). The van der Waals surface area contributed by atoms with Crippen LogP contribution in [-0.4, -0.2) is 33.2 Å². The molecule has 2 aromatic rings. The van der Waals surface area contributed by atoms with Gasteiger partial charge in [0.25, 0.3) is 0 Å². The second-order valence-electron chi connectivity index (χ2n) is 5.89. The fourth-order valence-corrected chi connectivity index (χ4v) is 3.07. The number of rotatable bonds is 4. The number of pyridine rings is 1. The zero-order valence-corrected chi connectivity index (χ0v) is 12.5. The number of aliphatic hydroxyl groups is 1. The summed E-state index contributed by atoms with van der Waals surface area (Å²) in [5, 5.41) is 15.6. The highest BCUT2D eigenvalue weighted by Crippen LogP contribution is 2.26. The first-order valence-corrected chi connectivity index (χ1v) is 7.88. The fraction of sp³-hybridized carbons (Fsp3) is 0.500. The van der Waals surface area contributed by atoms with Crippen LogP contribution >= 0.6 is 0 Å². The largest absolute Gasteiger partial charge is 0.393 e. The van der Waals surface area contributed by atoms with E-state index in [1.165, 1.54) is 6.42 Å². The number of fused-ring (bicyclic) bond motifs is 1. The van der Waals surface area contributed by atoms with Gasteiger partial charge in [0.1, 0.15) is 5.65 Å². The summed E-state index contributed by atoms with van der Waals surface area (Å²) in [6.45, 7) is 0.584. The highest BCUT2D eigenvalue weighted by atomic mass is 16.3. The average molecular weight is 302 g/mol. The van der Waals surface area contributed by atoms with E-state index in [-0.39, 0.29) is 12.1 Å². The Morgan fingerprint density at radius 3 is 3.09 bits per heavy atom. The summed E-state index contributed by atoms with van der Waals surface area (Å²) in [7, 11) is 0. The highest BCUT2D eigenvalue weighted by Gasteiger charge is 2.22. The third kappa shape index (κ3) is 3.57. The predicted molar refractivity (Wildman–Crippen MR) is 84.8 cm³/mol. The summed E-state index contributed by atoms with van der Waals surface area (Å²) < 4.78 is 1.86. The standard InChI is InChI=1S/C16H22N4O2/c21-14-4-2-1-3-12(14)7-8-18-16(22)19-13-5-6-15-17-9-10-20(15)11-13/h5-6,9-12,14,21H,1-4,7-8H2,(H2,18,19,22)/t12-,14-/m1/s1. The molecule has 2 aromatic heterocycles. The van der Waals surface area contributed by atoms with Crippen molar-refractivity contribution in [2.75, 3.05) is 11.9 Å². The number of anilines is 1. The number of amides is 2. The Morgan fingerprint density at radius 1 is 1.36 bits per heavy atom. The molecular weight excluding hydrogens is 280 g/mol. The monoisotopic (exact) mass is 302 g/mol. The van der Waals surface area contributed by atoms with Crippen molar-refractivity contribution in [3.05, 3.63) is 30.7 Å². The molecule has 1 fully saturated rings. The Hall–Kier alpha value is -2.08.